The van der Waals surface area contributed by atoms with Crippen molar-refractivity contribution in [1.29, 1.82) is 0 Å². The van der Waals surface area contributed by atoms with Crippen molar-refractivity contribution in [3.05, 3.63) is 68.8 Å². The van der Waals surface area contributed by atoms with Crippen LogP contribution in [0, 0.1) is 0 Å². The van der Waals surface area contributed by atoms with Crippen LogP contribution in [-0.2, 0) is 28.1 Å². The summed E-state index contributed by atoms with van der Waals surface area (Å²) < 4.78 is 0. The summed E-state index contributed by atoms with van der Waals surface area (Å²) in [6, 6.07) is 7.95. The van der Waals surface area contributed by atoms with Crippen LogP contribution in [0.1, 0.15) is 137 Å². The molecule has 0 fully saturated rings. The van der Waals surface area contributed by atoms with E-state index in [0.717, 1.165) is 22.3 Å². The van der Waals surface area contributed by atoms with E-state index in [1.54, 1.807) is 0 Å². The predicted molar refractivity (Wildman–Crippen MR) is 144 cm³/mol. The molecule has 0 bridgehead atoms. The minimum Gasteiger partial charge on any atom is -0.478 e. The predicted octanol–water partition coefficient (Wildman–Crippen LogP) is 7.86. The third-order valence-electron chi connectivity index (χ3n) is 6.60. The quantitative estimate of drug-likeness (QED) is 0.467. The first kappa shape index (κ1) is 28.6. The molecule has 0 aliphatic carbocycles. The molecule has 0 amide bonds. The van der Waals surface area contributed by atoms with Crippen LogP contribution in [0.15, 0.2) is 24.3 Å². The monoisotopic (exact) mass is 480 g/mol. The molecule has 2 aromatic rings. The molecule has 0 saturated carbocycles. The van der Waals surface area contributed by atoms with Crippen molar-refractivity contribution in [2.24, 2.45) is 0 Å². The van der Waals surface area contributed by atoms with Crippen LogP contribution in [0.5, 0.6) is 0 Å². The molecule has 35 heavy (non-hydrogen) atoms. The van der Waals surface area contributed by atoms with Gasteiger partial charge in [0.15, 0.2) is 0 Å². The molecule has 0 radical (unpaired) electrons. The van der Waals surface area contributed by atoms with Crippen molar-refractivity contribution in [2.45, 2.75) is 111 Å². The summed E-state index contributed by atoms with van der Waals surface area (Å²) in [7, 11) is 0. The number of carbonyl (C=O) groups is 2. The molecular weight excluding hydrogens is 436 g/mol. The first-order valence-electron chi connectivity index (χ1n) is 12.4. The zero-order chi connectivity index (χ0) is 27.3. The highest BCUT2D eigenvalue weighted by molar-refractivity contribution is 5.94. The molecule has 192 valence electrons. The van der Waals surface area contributed by atoms with Crippen LogP contribution >= 0.6 is 0 Å². The summed E-state index contributed by atoms with van der Waals surface area (Å²) in [5, 5.41) is 20.6. The lowest BCUT2D eigenvalue weighted by Crippen LogP contribution is -2.24. The van der Waals surface area contributed by atoms with Crippen molar-refractivity contribution < 1.29 is 19.8 Å². The highest BCUT2D eigenvalue weighted by Gasteiger charge is 2.31. The molecule has 4 nitrogen and oxygen atoms in total. The maximum Gasteiger partial charge on any atom is 0.336 e. The molecule has 0 heterocycles. The fourth-order valence-corrected chi connectivity index (χ4v) is 4.44. The molecule has 0 unspecified atom stereocenters. The van der Waals surface area contributed by atoms with Gasteiger partial charge in [-0.1, -0.05) is 107 Å². The highest BCUT2D eigenvalue weighted by Crippen LogP contribution is 2.38. The molecule has 0 aliphatic heterocycles. The van der Waals surface area contributed by atoms with E-state index in [1.165, 1.54) is 0 Å². The number of rotatable bonds is 4. The maximum atomic E-state index is 12.6. The van der Waals surface area contributed by atoms with Crippen molar-refractivity contribution in [2.75, 3.05) is 0 Å². The van der Waals surface area contributed by atoms with Gasteiger partial charge in [-0.3, -0.25) is 0 Å². The Kier molecular flexibility index (Phi) is 7.45. The third-order valence-corrected chi connectivity index (χ3v) is 6.60. The Bertz CT molecular complexity index is 1050. The first-order valence-corrected chi connectivity index (χ1v) is 12.4. The fraction of sp³-hybridized carbons (Fsp3) is 0.548. The molecule has 0 saturated heterocycles. The second-order valence-corrected chi connectivity index (χ2v) is 13.9. The fourth-order valence-electron chi connectivity index (χ4n) is 4.44. The van der Waals surface area contributed by atoms with Crippen LogP contribution in [0.25, 0.3) is 0 Å². The Morgan fingerprint density at radius 1 is 0.543 bits per heavy atom. The number of hydrogen-bond acceptors (Lipinski definition) is 2. The summed E-state index contributed by atoms with van der Waals surface area (Å²) in [6.07, 6.45) is 0.239. The van der Waals surface area contributed by atoms with Gasteiger partial charge in [0.05, 0.1) is 11.1 Å². The number of aromatic carboxylic acids is 2. The Labute approximate surface area is 211 Å². The van der Waals surface area contributed by atoms with Crippen LogP contribution in [0.2, 0.25) is 0 Å². The van der Waals surface area contributed by atoms with Crippen molar-refractivity contribution in [3.8, 4) is 0 Å². The Hall–Kier alpha value is -2.62. The van der Waals surface area contributed by atoms with Gasteiger partial charge >= 0.3 is 11.9 Å². The average molecular weight is 481 g/mol. The summed E-state index contributed by atoms with van der Waals surface area (Å²) in [6.45, 7) is 24.8. The van der Waals surface area contributed by atoms with Crippen LogP contribution in [0.3, 0.4) is 0 Å². The van der Waals surface area contributed by atoms with Crippen molar-refractivity contribution in [1.82, 2.24) is 0 Å². The molecule has 0 atom stereocenters. The van der Waals surface area contributed by atoms with Gasteiger partial charge < -0.3 is 10.2 Å². The van der Waals surface area contributed by atoms with E-state index in [2.05, 4.69) is 41.5 Å². The van der Waals surface area contributed by atoms with Gasteiger partial charge in [-0.25, -0.2) is 9.59 Å². The van der Waals surface area contributed by atoms with Crippen molar-refractivity contribution >= 4 is 11.9 Å². The Morgan fingerprint density at radius 2 is 0.829 bits per heavy atom. The molecular formula is C31H44O4. The lowest BCUT2D eigenvalue weighted by molar-refractivity contribution is 0.0684. The number of carboxylic acids is 2. The normalized spacial score (nSPS) is 13.1. The van der Waals surface area contributed by atoms with Crippen LogP contribution in [-0.4, -0.2) is 22.2 Å². The summed E-state index contributed by atoms with van der Waals surface area (Å²) in [5.74, 6) is -1.96. The standard InChI is InChI=1S/C31H44O4/c1-28(2,3)20-14-18(24(26(32)33)22(16-20)30(7,8)9)13-19-15-21(29(4,5)6)17-23(31(10,11)12)25(19)27(34)35/h14-17H,13H2,1-12H3,(H,32,33)(H,34,35). The van der Waals surface area contributed by atoms with E-state index >= 15 is 0 Å². The molecule has 2 rings (SSSR count). The summed E-state index contributed by atoms with van der Waals surface area (Å²) >= 11 is 0. The van der Waals surface area contributed by atoms with Gasteiger partial charge in [-0.15, -0.1) is 0 Å². The third kappa shape index (κ3) is 6.34. The molecule has 4 heteroatoms. The number of hydrogen-bond donors (Lipinski definition) is 2. The van der Waals surface area contributed by atoms with Gasteiger partial charge in [0.25, 0.3) is 0 Å². The topological polar surface area (TPSA) is 74.6 Å². The summed E-state index contributed by atoms with van der Waals surface area (Å²) in [4.78, 5) is 25.2. The smallest absolute Gasteiger partial charge is 0.336 e. The van der Waals surface area contributed by atoms with Crippen LogP contribution < -0.4 is 0 Å². The molecule has 0 aliphatic rings. The Morgan fingerprint density at radius 3 is 1.03 bits per heavy atom. The van der Waals surface area contributed by atoms with Gasteiger partial charge in [-0.05, 0) is 61.5 Å². The second-order valence-electron chi connectivity index (χ2n) is 13.9. The van der Waals surface area contributed by atoms with Crippen molar-refractivity contribution in [3.63, 3.8) is 0 Å². The zero-order valence-corrected chi connectivity index (χ0v) is 23.7. The molecule has 2 aromatic carbocycles. The zero-order valence-electron chi connectivity index (χ0n) is 23.7. The largest absolute Gasteiger partial charge is 0.478 e. The molecule has 0 aromatic heterocycles. The second kappa shape index (κ2) is 9.11. The number of carboxylic acid groups (broad SMARTS) is 2. The maximum absolute atomic E-state index is 12.6. The minimum atomic E-state index is -0.981. The van der Waals surface area contributed by atoms with Gasteiger partial charge in [0.1, 0.15) is 0 Å². The highest BCUT2D eigenvalue weighted by atomic mass is 16.4. The van der Waals surface area contributed by atoms with E-state index in [9.17, 15) is 19.8 Å². The molecule has 2 N–H and O–H groups in total. The molecule has 0 spiro atoms. The van der Waals surface area contributed by atoms with Gasteiger partial charge in [0.2, 0.25) is 0 Å². The van der Waals surface area contributed by atoms with Gasteiger partial charge in [0, 0.05) is 0 Å². The minimum absolute atomic E-state index is 0.189. The lowest BCUT2D eigenvalue weighted by atomic mass is 9.74. The van der Waals surface area contributed by atoms with E-state index in [0.29, 0.717) is 11.1 Å². The van der Waals surface area contributed by atoms with E-state index < -0.39 is 11.9 Å². The van der Waals surface area contributed by atoms with E-state index in [1.807, 2.05) is 65.8 Å². The summed E-state index contributed by atoms with van der Waals surface area (Å²) in [5.41, 5.74) is 4.35. The lowest BCUT2D eigenvalue weighted by Gasteiger charge is -2.30. The number of benzene rings is 2. The SMILES string of the molecule is CC(C)(C)c1cc(Cc2cc(C(C)(C)C)cc(C(C)(C)C)c2C(=O)O)c(C(=O)O)c(C(C)(C)C)c1. The van der Waals surface area contributed by atoms with Gasteiger partial charge in [-0.2, -0.15) is 0 Å². The average Bonchev–Trinajstić information content (AvgIpc) is 2.63. The van der Waals surface area contributed by atoms with Crippen LogP contribution in [0.4, 0.5) is 0 Å². The Balaban J connectivity index is 3.02. The van der Waals surface area contributed by atoms with E-state index in [4.69, 9.17) is 0 Å². The van der Waals surface area contributed by atoms with E-state index in [-0.39, 0.29) is 39.2 Å². The first-order chi connectivity index (χ1) is 15.5.